The molecular weight excluding hydrogens is 412 g/mol. The van der Waals surface area contributed by atoms with E-state index in [1.165, 1.54) is 17.0 Å². The molecule has 7 nitrogen and oxygen atoms in total. The van der Waals surface area contributed by atoms with Crippen LogP contribution in [0.15, 0.2) is 41.5 Å². The second-order valence-electron chi connectivity index (χ2n) is 8.55. The zero-order valence-corrected chi connectivity index (χ0v) is 18.6. The van der Waals surface area contributed by atoms with E-state index >= 15 is 0 Å². The first-order valence-corrected chi connectivity index (χ1v) is 11.7. The molecule has 0 radical (unpaired) electrons. The zero-order chi connectivity index (χ0) is 21.4. The normalized spacial score (nSPS) is 20.1. The van der Waals surface area contributed by atoms with Crippen LogP contribution < -0.4 is 10.5 Å². The Morgan fingerprint density at radius 3 is 2.58 bits per heavy atom. The van der Waals surface area contributed by atoms with Crippen LogP contribution in [0.5, 0.6) is 0 Å². The lowest BCUT2D eigenvalue weighted by Crippen LogP contribution is -2.32. The van der Waals surface area contributed by atoms with Gasteiger partial charge in [0.05, 0.1) is 11.2 Å². The molecule has 4 heterocycles. The molecule has 2 aromatic heterocycles. The van der Waals surface area contributed by atoms with Gasteiger partial charge in [-0.2, -0.15) is 0 Å². The number of aromatic nitrogens is 2. The lowest BCUT2D eigenvalue weighted by molar-refractivity contribution is -0.0655. The predicted molar refractivity (Wildman–Crippen MR) is 123 cm³/mol. The van der Waals surface area contributed by atoms with E-state index in [1.54, 1.807) is 10.9 Å². The average molecular weight is 441 g/mol. The summed E-state index contributed by atoms with van der Waals surface area (Å²) in [5, 5.41) is 11.0. The highest BCUT2D eigenvalue weighted by Gasteiger charge is 2.34. The molecule has 1 N–H and O–H groups in total. The van der Waals surface area contributed by atoms with Crippen LogP contribution >= 0.6 is 11.3 Å². The van der Waals surface area contributed by atoms with Crippen LogP contribution in [0.3, 0.4) is 0 Å². The summed E-state index contributed by atoms with van der Waals surface area (Å²) in [7, 11) is 2.17. The van der Waals surface area contributed by atoms with Crippen molar-refractivity contribution in [1.82, 2.24) is 14.5 Å². The molecule has 5 rings (SSSR count). The van der Waals surface area contributed by atoms with Crippen LogP contribution in [0.2, 0.25) is 0 Å². The van der Waals surface area contributed by atoms with E-state index in [0.717, 1.165) is 43.2 Å². The molecule has 31 heavy (non-hydrogen) atoms. The van der Waals surface area contributed by atoms with Crippen LogP contribution in [0, 0.1) is 0 Å². The van der Waals surface area contributed by atoms with Crippen LogP contribution in [0.1, 0.15) is 24.1 Å². The second-order valence-corrected chi connectivity index (χ2v) is 9.60. The maximum atomic E-state index is 13.2. The van der Waals surface area contributed by atoms with E-state index in [1.807, 2.05) is 18.2 Å². The fourth-order valence-corrected chi connectivity index (χ4v) is 5.60. The molecule has 0 atom stereocenters. The summed E-state index contributed by atoms with van der Waals surface area (Å²) in [5.41, 5.74) is 1.60. The number of rotatable bonds is 3. The van der Waals surface area contributed by atoms with E-state index in [2.05, 4.69) is 34.0 Å². The second kappa shape index (κ2) is 8.35. The van der Waals surface area contributed by atoms with Gasteiger partial charge >= 0.3 is 0 Å². The van der Waals surface area contributed by atoms with Gasteiger partial charge in [-0.15, -0.1) is 11.3 Å². The van der Waals surface area contributed by atoms with Gasteiger partial charge < -0.3 is 19.6 Å². The molecule has 164 valence electrons. The standard InChI is InChI=1S/C23H28N4O3S/c1-25-9-2-10-26(12-11-25)17-3-5-18(6-4-17)27-16-24-19-15-20(31-21(19)22(27)28)23(29)7-13-30-14-8-23/h3-6,15-16,29H,2,7-14H2,1H3. The summed E-state index contributed by atoms with van der Waals surface area (Å²) in [6.45, 7) is 5.30. The van der Waals surface area contributed by atoms with Gasteiger partial charge in [0, 0.05) is 56.3 Å². The third-order valence-electron chi connectivity index (χ3n) is 6.43. The summed E-state index contributed by atoms with van der Waals surface area (Å²) in [5.74, 6) is 0. The molecule has 2 fully saturated rings. The van der Waals surface area contributed by atoms with E-state index < -0.39 is 5.60 Å². The van der Waals surface area contributed by atoms with Crippen molar-refractivity contribution in [3.8, 4) is 5.69 Å². The average Bonchev–Trinajstić information content (AvgIpc) is 3.12. The molecule has 0 unspecified atom stereocenters. The third-order valence-corrected chi connectivity index (χ3v) is 7.73. The first kappa shape index (κ1) is 20.6. The van der Waals surface area contributed by atoms with Crippen LogP contribution in [-0.2, 0) is 10.3 Å². The Morgan fingerprint density at radius 1 is 1.06 bits per heavy atom. The summed E-state index contributed by atoms with van der Waals surface area (Å²) in [6, 6.07) is 10.00. The van der Waals surface area contributed by atoms with Gasteiger partial charge in [0.1, 0.15) is 16.6 Å². The van der Waals surface area contributed by atoms with E-state index in [4.69, 9.17) is 4.74 Å². The van der Waals surface area contributed by atoms with Crippen molar-refractivity contribution in [3.05, 3.63) is 51.9 Å². The Kier molecular flexibility index (Phi) is 5.56. The first-order valence-electron chi connectivity index (χ1n) is 10.9. The van der Waals surface area contributed by atoms with Crippen molar-refractivity contribution in [2.24, 2.45) is 0 Å². The highest BCUT2D eigenvalue weighted by Crippen LogP contribution is 2.37. The van der Waals surface area contributed by atoms with Gasteiger partial charge in [0.2, 0.25) is 0 Å². The maximum absolute atomic E-state index is 13.2. The van der Waals surface area contributed by atoms with Gasteiger partial charge in [0.15, 0.2) is 0 Å². The summed E-state index contributed by atoms with van der Waals surface area (Å²) in [4.78, 5) is 23.3. The molecule has 2 aliphatic heterocycles. The number of benzene rings is 1. The zero-order valence-electron chi connectivity index (χ0n) is 17.8. The largest absolute Gasteiger partial charge is 0.384 e. The number of hydrogen-bond donors (Lipinski definition) is 1. The maximum Gasteiger partial charge on any atom is 0.275 e. The Morgan fingerprint density at radius 2 is 1.81 bits per heavy atom. The molecule has 3 aromatic rings. The lowest BCUT2D eigenvalue weighted by Gasteiger charge is -2.30. The fourth-order valence-electron chi connectivity index (χ4n) is 4.41. The minimum absolute atomic E-state index is 0.0962. The van der Waals surface area contributed by atoms with Crippen LogP contribution in [0.25, 0.3) is 15.9 Å². The van der Waals surface area contributed by atoms with Crippen molar-refractivity contribution in [3.63, 3.8) is 0 Å². The lowest BCUT2D eigenvalue weighted by atomic mass is 9.93. The number of ether oxygens (including phenoxy) is 1. The highest BCUT2D eigenvalue weighted by molar-refractivity contribution is 7.19. The predicted octanol–water partition coefficient (Wildman–Crippen LogP) is 2.59. The number of thiophene rings is 1. The number of anilines is 1. The number of hydrogen-bond acceptors (Lipinski definition) is 7. The van der Waals surface area contributed by atoms with E-state index in [-0.39, 0.29) is 5.56 Å². The third kappa shape index (κ3) is 4.01. The fraction of sp³-hybridized carbons (Fsp3) is 0.478. The van der Waals surface area contributed by atoms with Gasteiger partial charge in [-0.3, -0.25) is 9.36 Å². The Labute approximate surface area is 185 Å². The van der Waals surface area contributed by atoms with Gasteiger partial charge in [-0.25, -0.2) is 4.98 Å². The minimum atomic E-state index is -0.927. The van der Waals surface area contributed by atoms with Crippen molar-refractivity contribution >= 4 is 27.2 Å². The van der Waals surface area contributed by atoms with E-state index in [0.29, 0.717) is 36.3 Å². The summed E-state index contributed by atoms with van der Waals surface area (Å²) in [6.07, 6.45) is 3.83. The monoisotopic (exact) mass is 440 g/mol. The first-order chi connectivity index (χ1) is 15.0. The molecule has 8 heteroatoms. The quantitative estimate of drug-likeness (QED) is 0.675. The highest BCUT2D eigenvalue weighted by atomic mass is 32.1. The van der Waals surface area contributed by atoms with Gasteiger partial charge in [0.25, 0.3) is 5.56 Å². The molecule has 0 aliphatic carbocycles. The van der Waals surface area contributed by atoms with E-state index in [9.17, 15) is 9.90 Å². The Balaban J connectivity index is 1.43. The number of nitrogens with zero attached hydrogens (tertiary/aromatic N) is 4. The number of aliphatic hydroxyl groups is 1. The summed E-state index contributed by atoms with van der Waals surface area (Å²) < 4.78 is 7.56. The molecule has 1 aromatic carbocycles. The Hall–Kier alpha value is -2.26. The molecule has 2 saturated heterocycles. The van der Waals surface area contributed by atoms with Gasteiger partial charge in [-0.05, 0) is 50.3 Å². The van der Waals surface area contributed by atoms with Gasteiger partial charge in [-0.1, -0.05) is 0 Å². The molecular formula is C23H28N4O3S. The number of likely N-dealkylation sites (N-methyl/N-ethyl adjacent to an activating group) is 1. The molecule has 0 amide bonds. The molecule has 2 aliphatic rings. The van der Waals surface area contributed by atoms with Crippen molar-refractivity contribution in [1.29, 1.82) is 0 Å². The van der Waals surface area contributed by atoms with Crippen LogP contribution in [0.4, 0.5) is 5.69 Å². The minimum Gasteiger partial charge on any atom is -0.384 e. The SMILES string of the molecule is CN1CCCN(c2ccc(-n3cnc4cc(C5(O)CCOCC5)sc4c3=O)cc2)CC1. The molecule has 0 bridgehead atoms. The van der Waals surface area contributed by atoms with Crippen molar-refractivity contribution in [2.45, 2.75) is 24.9 Å². The number of fused-ring (bicyclic) bond motifs is 1. The topological polar surface area (TPSA) is 70.8 Å². The van der Waals surface area contributed by atoms with Crippen molar-refractivity contribution in [2.75, 3.05) is 51.3 Å². The van der Waals surface area contributed by atoms with Crippen LogP contribution in [-0.4, -0.2) is 66.0 Å². The molecule has 0 spiro atoms. The van der Waals surface area contributed by atoms with Crippen molar-refractivity contribution < 1.29 is 9.84 Å². The smallest absolute Gasteiger partial charge is 0.275 e. The Bertz CT molecular complexity index is 1120. The molecule has 0 saturated carbocycles. The summed E-state index contributed by atoms with van der Waals surface area (Å²) >= 11 is 1.35.